The Morgan fingerprint density at radius 1 is 1.00 bits per heavy atom. The molecule has 0 N–H and O–H groups in total. The Labute approximate surface area is 104 Å². The first-order valence-electron chi connectivity index (χ1n) is 5.56. The summed E-state index contributed by atoms with van der Waals surface area (Å²) in [6.45, 7) is 3.69. The van der Waals surface area contributed by atoms with Crippen LogP contribution in [0.5, 0.6) is 0 Å². The van der Waals surface area contributed by atoms with Crippen LogP contribution in [0.3, 0.4) is 0 Å². The summed E-state index contributed by atoms with van der Waals surface area (Å²) in [7, 11) is 0. The van der Waals surface area contributed by atoms with Crippen LogP contribution < -0.4 is 0 Å². The van der Waals surface area contributed by atoms with Crippen LogP contribution in [0.1, 0.15) is 27.0 Å². The molecule has 0 atom stereocenters. The molecule has 3 heteroatoms. The first-order chi connectivity index (χ1) is 8.50. The van der Waals surface area contributed by atoms with E-state index in [0.717, 1.165) is 23.3 Å². The highest BCUT2D eigenvalue weighted by atomic mass is 19.1. The summed E-state index contributed by atoms with van der Waals surface area (Å²) < 4.78 is 26.4. The second-order valence-corrected chi connectivity index (χ2v) is 4.20. The first kappa shape index (κ1) is 12.4. The van der Waals surface area contributed by atoms with Crippen LogP contribution in [-0.2, 0) is 0 Å². The van der Waals surface area contributed by atoms with Crippen molar-refractivity contribution in [1.29, 1.82) is 0 Å². The highest BCUT2D eigenvalue weighted by Crippen LogP contribution is 2.19. The zero-order valence-corrected chi connectivity index (χ0v) is 10.1. The van der Waals surface area contributed by atoms with E-state index in [2.05, 4.69) is 0 Å². The summed E-state index contributed by atoms with van der Waals surface area (Å²) in [5.41, 5.74) is 2.11. The number of benzene rings is 2. The number of rotatable bonds is 2. The fraction of sp³-hybridized carbons (Fsp3) is 0.133. The predicted octanol–water partition coefficient (Wildman–Crippen LogP) is 3.81. The lowest BCUT2D eigenvalue weighted by atomic mass is 9.96. The van der Waals surface area contributed by atoms with Crippen molar-refractivity contribution in [3.05, 3.63) is 70.3 Å². The molecule has 2 aromatic rings. The van der Waals surface area contributed by atoms with E-state index in [1.807, 2.05) is 19.9 Å². The van der Waals surface area contributed by atoms with E-state index in [0.29, 0.717) is 5.56 Å². The third-order valence-electron chi connectivity index (χ3n) is 3.03. The molecule has 0 bridgehead atoms. The Morgan fingerprint density at radius 3 is 2.39 bits per heavy atom. The van der Waals surface area contributed by atoms with Crippen molar-refractivity contribution in [3.8, 4) is 0 Å². The Kier molecular flexibility index (Phi) is 3.24. The molecule has 0 aliphatic heterocycles. The minimum absolute atomic E-state index is 0.106. The molecule has 0 amide bonds. The third-order valence-corrected chi connectivity index (χ3v) is 3.03. The van der Waals surface area contributed by atoms with Crippen molar-refractivity contribution in [1.82, 2.24) is 0 Å². The normalized spacial score (nSPS) is 10.4. The Bertz CT molecular complexity index is 618. The van der Waals surface area contributed by atoms with E-state index >= 15 is 0 Å². The molecule has 0 radical (unpaired) electrons. The minimum Gasteiger partial charge on any atom is -0.288 e. The Morgan fingerprint density at radius 2 is 1.72 bits per heavy atom. The predicted molar refractivity (Wildman–Crippen MR) is 65.7 cm³/mol. The number of hydrogen-bond acceptors (Lipinski definition) is 1. The lowest BCUT2D eigenvalue weighted by molar-refractivity contribution is 0.103. The standard InChI is InChI=1S/C15H12F2O/c1-9-4-3-5-12(10(9)2)15(18)13-7-6-11(16)8-14(13)17/h3-8H,1-2H3. The summed E-state index contributed by atoms with van der Waals surface area (Å²) >= 11 is 0. The van der Waals surface area contributed by atoms with Crippen molar-refractivity contribution in [2.24, 2.45) is 0 Å². The molecule has 0 aliphatic carbocycles. The van der Waals surface area contributed by atoms with Gasteiger partial charge in [-0.25, -0.2) is 8.78 Å². The summed E-state index contributed by atoms with van der Waals surface area (Å²) in [6, 6.07) is 8.26. The maximum absolute atomic E-state index is 13.6. The summed E-state index contributed by atoms with van der Waals surface area (Å²) in [5, 5.41) is 0. The highest BCUT2D eigenvalue weighted by molar-refractivity contribution is 6.10. The molecular weight excluding hydrogens is 234 g/mol. The summed E-state index contributed by atoms with van der Waals surface area (Å²) in [5.74, 6) is -1.94. The van der Waals surface area contributed by atoms with E-state index in [1.54, 1.807) is 12.1 Å². The molecule has 1 nitrogen and oxygen atoms in total. The van der Waals surface area contributed by atoms with Gasteiger partial charge < -0.3 is 0 Å². The number of aryl methyl sites for hydroxylation is 1. The molecule has 2 rings (SSSR count). The van der Waals surface area contributed by atoms with Crippen molar-refractivity contribution in [3.63, 3.8) is 0 Å². The van der Waals surface area contributed by atoms with E-state index in [9.17, 15) is 13.6 Å². The van der Waals surface area contributed by atoms with Gasteiger partial charge in [0.2, 0.25) is 0 Å². The SMILES string of the molecule is Cc1cccc(C(=O)c2ccc(F)cc2F)c1C. The van der Waals surface area contributed by atoms with Gasteiger partial charge in [0.15, 0.2) is 5.78 Å². The van der Waals surface area contributed by atoms with Crippen molar-refractivity contribution >= 4 is 5.78 Å². The van der Waals surface area contributed by atoms with Gasteiger partial charge in [-0.3, -0.25) is 4.79 Å². The zero-order valence-electron chi connectivity index (χ0n) is 10.1. The van der Waals surface area contributed by atoms with Gasteiger partial charge in [0.25, 0.3) is 0 Å². The smallest absolute Gasteiger partial charge is 0.196 e. The van der Waals surface area contributed by atoms with Gasteiger partial charge in [0.1, 0.15) is 11.6 Å². The van der Waals surface area contributed by atoms with E-state index in [-0.39, 0.29) is 5.56 Å². The molecular formula is C15H12F2O. The maximum Gasteiger partial charge on any atom is 0.196 e. The van der Waals surface area contributed by atoms with Crippen LogP contribution in [0.2, 0.25) is 0 Å². The van der Waals surface area contributed by atoms with Gasteiger partial charge in [-0.2, -0.15) is 0 Å². The zero-order chi connectivity index (χ0) is 13.3. The second-order valence-electron chi connectivity index (χ2n) is 4.20. The largest absolute Gasteiger partial charge is 0.288 e. The molecule has 0 aromatic heterocycles. The van der Waals surface area contributed by atoms with Crippen LogP contribution >= 0.6 is 0 Å². The van der Waals surface area contributed by atoms with Crippen LogP contribution in [0.25, 0.3) is 0 Å². The fourth-order valence-corrected chi connectivity index (χ4v) is 1.82. The average molecular weight is 246 g/mol. The van der Waals surface area contributed by atoms with E-state index < -0.39 is 17.4 Å². The number of ketones is 1. The Hall–Kier alpha value is -2.03. The van der Waals surface area contributed by atoms with Crippen molar-refractivity contribution in [2.45, 2.75) is 13.8 Å². The number of hydrogen-bond donors (Lipinski definition) is 0. The molecule has 92 valence electrons. The topological polar surface area (TPSA) is 17.1 Å². The van der Waals surface area contributed by atoms with Crippen LogP contribution in [0, 0.1) is 25.5 Å². The second kappa shape index (κ2) is 4.69. The van der Waals surface area contributed by atoms with Gasteiger partial charge in [0.05, 0.1) is 5.56 Å². The molecule has 0 unspecified atom stereocenters. The molecule has 0 fully saturated rings. The van der Waals surface area contributed by atoms with Gasteiger partial charge in [-0.15, -0.1) is 0 Å². The number of carbonyl (C=O) groups excluding carboxylic acids is 1. The summed E-state index contributed by atoms with van der Waals surface area (Å²) in [4.78, 5) is 12.2. The van der Waals surface area contributed by atoms with Gasteiger partial charge >= 0.3 is 0 Å². The molecule has 2 aromatic carbocycles. The lowest BCUT2D eigenvalue weighted by Crippen LogP contribution is -2.07. The third kappa shape index (κ3) is 2.16. The lowest BCUT2D eigenvalue weighted by Gasteiger charge is -2.08. The van der Waals surface area contributed by atoms with Crippen LogP contribution in [0.4, 0.5) is 8.78 Å². The minimum atomic E-state index is -0.832. The van der Waals surface area contributed by atoms with Gasteiger partial charge in [-0.1, -0.05) is 18.2 Å². The van der Waals surface area contributed by atoms with Gasteiger partial charge in [0, 0.05) is 11.6 Å². The molecule has 0 saturated carbocycles. The molecule has 18 heavy (non-hydrogen) atoms. The van der Waals surface area contributed by atoms with Crippen molar-refractivity contribution in [2.75, 3.05) is 0 Å². The van der Waals surface area contributed by atoms with E-state index in [4.69, 9.17) is 0 Å². The van der Waals surface area contributed by atoms with Gasteiger partial charge in [-0.05, 0) is 37.1 Å². The fourth-order valence-electron chi connectivity index (χ4n) is 1.82. The van der Waals surface area contributed by atoms with Crippen LogP contribution in [-0.4, -0.2) is 5.78 Å². The highest BCUT2D eigenvalue weighted by Gasteiger charge is 2.16. The monoisotopic (exact) mass is 246 g/mol. The van der Waals surface area contributed by atoms with Crippen LogP contribution in [0.15, 0.2) is 36.4 Å². The quantitative estimate of drug-likeness (QED) is 0.736. The first-order valence-corrected chi connectivity index (χ1v) is 5.56. The van der Waals surface area contributed by atoms with E-state index in [1.165, 1.54) is 6.07 Å². The molecule has 0 heterocycles. The molecule has 0 saturated heterocycles. The average Bonchev–Trinajstić information content (AvgIpc) is 2.32. The Balaban J connectivity index is 2.51. The molecule has 0 aliphatic rings. The van der Waals surface area contributed by atoms with Crippen molar-refractivity contribution < 1.29 is 13.6 Å². The summed E-state index contributed by atoms with van der Waals surface area (Å²) in [6.07, 6.45) is 0. The number of halogens is 2. The number of carbonyl (C=O) groups is 1. The maximum atomic E-state index is 13.6. The molecule has 0 spiro atoms.